The molecule has 0 N–H and O–H groups in total. The Kier molecular flexibility index (Phi) is 2.31. The molecule has 1 rings (SSSR count). The second-order valence-corrected chi connectivity index (χ2v) is 3.60. The van der Waals surface area contributed by atoms with E-state index in [1.165, 1.54) is 3.57 Å². The van der Waals surface area contributed by atoms with Gasteiger partial charge < -0.3 is 0 Å². The van der Waals surface area contributed by atoms with Gasteiger partial charge in [0.1, 0.15) is 0 Å². The molecule has 0 spiro atoms. The zero-order chi connectivity index (χ0) is 5.98. The molecular weight excluding hydrogens is 285 g/mol. The fraction of sp³-hybridized carbons (Fsp3) is 0. The first-order valence-corrected chi connectivity index (χ1v) is 4.07. The molecule has 0 aliphatic carbocycles. The Morgan fingerprint density at radius 1 is 1.38 bits per heavy atom. The molecule has 0 bridgehead atoms. The van der Waals surface area contributed by atoms with E-state index >= 15 is 0 Å². The zero-order valence-corrected chi connectivity index (χ0v) is 7.81. The van der Waals surface area contributed by atoms with Crippen LogP contribution in [0.15, 0.2) is 28.7 Å². The van der Waals surface area contributed by atoms with Gasteiger partial charge in [-0.15, -0.1) is 0 Å². The Balaban J connectivity index is 3.08. The van der Waals surface area contributed by atoms with Crippen LogP contribution < -0.4 is 0 Å². The zero-order valence-electron chi connectivity index (χ0n) is 4.07. The van der Waals surface area contributed by atoms with Crippen LogP contribution in [0.1, 0.15) is 0 Å². The summed E-state index contributed by atoms with van der Waals surface area (Å²) in [5, 5.41) is 0. The van der Waals surface area contributed by atoms with E-state index in [4.69, 9.17) is 0 Å². The molecule has 0 atom stereocenters. The molecule has 0 amide bonds. The van der Waals surface area contributed by atoms with Gasteiger partial charge in [-0.3, -0.25) is 0 Å². The molecule has 1 aromatic carbocycles. The summed E-state index contributed by atoms with van der Waals surface area (Å²) in [7, 11) is 0. The van der Waals surface area contributed by atoms with Crippen molar-refractivity contribution in [1.82, 2.24) is 0 Å². The third-order valence-electron chi connectivity index (χ3n) is 0.787. The second-order valence-electron chi connectivity index (χ2n) is 1.44. The predicted octanol–water partition coefficient (Wildman–Crippen LogP) is 3.05. The summed E-state index contributed by atoms with van der Waals surface area (Å²) in [6.07, 6.45) is 0. The maximum Gasteiger partial charge on any atom is 0.0185 e. The fourth-order valence-electron chi connectivity index (χ4n) is 0.460. The monoisotopic (exact) mass is 288 g/mol. The Morgan fingerprint density at radius 3 is 2.50 bits per heavy atom. The van der Waals surface area contributed by atoms with E-state index in [2.05, 4.69) is 50.7 Å². The maximum absolute atomic E-state index is 3.36. The second kappa shape index (κ2) is 2.82. The van der Waals surface area contributed by atoms with Crippen LogP contribution in [0.4, 0.5) is 0 Å². The first-order valence-electron chi connectivity index (χ1n) is 2.20. The lowest BCUT2D eigenvalue weighted by molar-refractivity contribution is 1.60. The van der Waals surface area contributed by atoms with Gasteiger partial charge in [-0.25, -0.2) is 0 Å². The van der Waals surface area contributed by atoms with Gasteiger partial charge in [0, 0.05) is 8.04 Å². The Bertz CT molecular complexity index is 168. The van der Waals surface area contributed by atoms with Gasteiger partial charge in [-0.1, -0.05) is 22.0 Å². The van der Waals surface area contributed by atoms with E-state index in [1.54, 1.807) is 0 Å². The minimum absolute atomic E-state index is 1.14. The lowest BCUT2D eigenvalue weighted by Gasteiger charge is -1.87. The smallest absolute Gasteiger partial charge is 0.0185 e. The van der Waals surface area contributed by atoms with Crippen molar-refractivity contribution in [3.8, 4) is 0 Å². The van der Waals surface area contributed by atoms with Gasteiger partial charge in [0.15, 0.2) is 0 Å². The van der Waals surface area contributed by atoms with Gasteiger partial charge in [0.05, 0.1) is 0 Å². The average Bonchev–Trinajstić information content (AvgIpc) is 1.64. The Morgan fingerprint density at radius 2 is 2.12 bits per heavy atom. The highest BCUT2D eigenvalue weighted by Crippen LogP contribution is 2.12. The first kappa shape index (κ1) is 6.55. The third-order valence-corrected chi connectivity index (χ3v) is 1.95. The molecule has 0 aromatic heterocycles. The number of rotatable bonds is 0. The SMILES string of the molecule is Br[13c]1[13cH][13cH][13cH][13c](I)[13cH]1. The van der Waals surface area contributed by atoms with E-state index in [9.17, 15) is 0 Å². The topological polar surface area (TPSA) is 0 Å². The van der Waals surface area contributed by atoms with Crippen molar-refractivity contribution < 1.29 is 0 Å². The van der Waals surface area contributed by atoms with E-state index in [1.807, 2.05) is 12.1 Å². The largest absolute Gasteiger partial charge is 0.0601 e. The molecule has 0 aliphatic rings. The summed E-state index contributed by atoms with van der Waals surface area (Å²) in [5.74, 6) is 0. The van der Waals surface area contributed by atoms with Crippen LogP contribution in [0.25, 0.3) is 0 Å². The standard InChI is InChI=1S/C6H4BrI/c7-5-2-1-3-6(8)4-5/h1-4H/i1+1,2+1,3+1,4+1,5+1,6+1. The summed E-state index contributed by atoms with van der Waals surface area (Å²) in [4.78, 5) is 0. The van der Waals surface area contributed by atoms with E-state index in [-0.39, 0.29) is 0 Å². The average molecular weight is 289 g/mol. The van der Waals surface area contributed by atoms with Crippen molar-refractivity contribution in [1.29, 1.82) is 0 Å². The molecule has 2 heteroatoms. The fourth-order valence-corrected chi connectivity index (χ4v) is 1.83. The molecule has 0 aliphatic heterocycles. The number of hydrogen-bond acceptors (Lipinski definition) is 0. The van der Waals surface area contributed by atoms with Gasteiger partial charge in [0.2, 0.25) is 0 Å². The minimum atomic E-state index is 1.14. The normalized spacial score (nSPS) is 9.25. The summed E-state index contributed by atoms with van der Waals surface area (Å²) < 4.78 is 2.40. The number of halogens is 2. The number of hydrogen-bond donors (Lipinski definition) is 0. The molecule has 1 aromatic rings. The van der Waals surface area contributed by atoms with Crippen molar-refractivity contribution in [2.24, 2.45) is 0 Å². The first-order chi connectivity index (χ1) is 3.79. The predicted molar refractivity (Wildman–Crippen MR) is 46.9 cm³/mol. The summed E-state index contributed by atoms with van der Waals surface area (Å²) in [6, 6.07) is 8.17. The van der Waals surface area contributed by atoms with Gasteiger partial charge in [-0.05, 0) is 40.8 Å². The van der Waals surface area contributed by atoms with Crippen LogP contribution in [0.5, 0.6) is 0 Å². The number of benzene rings is 1. The van der Waals surface area contributed by atoms with Crippen LogP contribution in [0.2, 0.25) is 0 Å². The van der Waals surface area contributed by atoms with E-state index in [0.29, 0.717) is 0 Å². The maximum atomic E-state index is 3.36. The summed E-state index contributed by atoms with van der Waals surface area (Å²) >= 11 is 5.63. The quantitative estimate of drug-likeness (QED) is 0.644. The van der Waals surface area contributed by atoms with Crippen molar-refractivity contribution >= 4 is 38.5 Å². The van der Waals surface area contributed by atoms with Crippen molar-refractivity contribution in [3.63, 3.8) is 0 Å². The summed E-state index contributed by atoms with van der Waals surface area (Å²) in [5.41, 5.74) is 0. The van der Waals surface area contributed by atoms with Crippen LogP contribution in [-0.2, 0) is 0 Å². The van der Waals surface area contributed by atoms with Gasteiger partial charge >= 0.3 is 0 Å². The Labute approximate surface area is 70.6 Å². The lowest BCUT2D eigenvalue weighted by Crippen LogP contribution is -1.66. The van der Waals surface area contributed by atoms with E-state index < -0.39 is 0 Å². The highest BCUT2D eigenvalue weighted by atomic mass is 127. The molecule has 0 saturated heterocycles. The van der Waals surface area contributed by atoms with Crippen molar-refractivity contribution in [2.45, 2.75) is 0 Å². The van der Waals surface area contributed by atoms with Crippen LogP contribution in [0.3, 0.4) is 0 Å². The van der Waals surface area contributed by atoms with Crippen LogP contribution in [0, 0.1) is 3.57 Å². The van der Waals surface area contributed by atoms with Crippen molar-refractivity contribution in [2.75, 3.05) is 0 Å². The van der Waals surface area contributed by atoms with Gasteiger partial charge in [0.25, 0.3) is 0 Å². The molecule has 0 saturated carbocycles. The highest BCUT2D eigenvalue weighted by Gasteiger charge is 1.84. The molecule has 8 heavy (non-hydrogen) atoms. The highest BCUT2D eigenvalue weighted by molar-refractivity contribution is 14.1. The van der Waals surface area contributed by atoms with Crippen LogP contribution >= 0.6 is 38.5 Å². The molecular formula is C6H4BrI. The molecule has 42 valence electrons. The molecule has 0 nitrogen and oxygen atoms in total. The van der Waals surface area contributed by atoms with Crippen LogP contribution in [-0.4, -0.2) is 0 Å². The molecule has 0 fully saturated rings. The minimum Gasteiger partial charge on any atom is -0.0601 e. The van der Waals surface area contributed by atoms with Crippen molar-refractivity contribution in [3.05, 3.63) is 32.3 Å². The molecule has 0 heterocycles. The van der Waals surface area contributed by atoms with E-state index in [0.717, 1.165) is 4.47 Å². The van der Waals surface area contributed by atoms with Gasteiger partial charge in [-0.2, -0.15) is 0 Å². The Hall–Kier alpha value is 0.430. The summed E-state index contributed by atoms with van der Waals surface area (Å²) in [6.45, 7) is 0. The lowest BCUT2D eigenvalue weighted by atomic mass is 11.4. The molecule has 0 radical (unpaired) electrons. The third kappa shape index (κ3) is 1.74. The molecule has 0 unspecified atom stereocenters.